The summed E-state index contributed by atoms with van der Waals surface area (Å²) in [5.41, 5.74) is 5.15. The van der Waals surface area contributed by atoms with Gasteiger partial charge in [0.1, 0.15) is 0 Å². The molecule has 0 atom stereocenters. The molecule has 1 aliphatic heterocycles. The Hall–Kier alpha value is -1.67. The first kappa shape index (κ1) is 14.3. The Morgan fingerprint density at radius 2 is 1.76 bits per heavy atom. The Labute approximate surface area is 127 Å². The first-order valence-corrected chi connectivity index (χ1v) is 8.07. The van der Waals surface area contributed by atoms with Crippen LogP contribution in [0.2, 0.25) is 0 Å². The fraction of sp³-hybridized carbons (Fsp3) is 0.421. The molecule has 21 heavy (non-hydrogen) atoms. The van der Waals surface area contributed by atoms with Gasteiger partial charge in [0.05, 0.1) is 5.69 Å². The predicted octanol–water partition coefficient (Wildman–Crippen LogP) is 4.43. The Balaban J connectivity index is 1.89. The average Bonchev–Trinajstić information content (AvgIpc) is 2.77. The molecule has 0 bridgehead atoms. The summed E-state index contributed by atoms with van der Waals surface area (Å²) < 4.78 is 0. The molecule has 0 spiro atoms. The third kappa shape index (κ3) is 3.51. The summed E-state index contributed by atoms with van der Waals surface area (Å²) in [6.45, 7) is 5.70. The second-order valence-corrected chi connectivity index (χ2v) is 6.01. The molecule has 1 saturated heterocycles. The Bertz CT molecular complexity index is 569. The molecule has 0 aliphatic carbocycles. The minimum atomic E-state index is 1.05. The van der Waals surface area contributed by atoms with Gasteiger partial charge in [0.2, 0.25) is 0 Å². The Morgan fingerprint density at radius 3 is 2.48 bits per heavy atom. The van der Waals surface area contributed by atoms with E-state index < -0.39 is 0 Å². The van der Waals surface area contributed by atoms with Crippen LogP contribution in [0.5, 0.6) is 0 Å². The summed E-state index contributed by atoms with van der Waals surface area (Å²) >= 11 is 0. The number of likely N-dealkylation sites (tertiary alicyclic amines) is 1. The van der Waals surface area contributed by atoms with Crippen molar-refractivity contribution in [2.45, 2.75) is 39.2 Å². The number of pyridine rings is 1. The smallest absolute Gasteiger partial charge is 0.0707 e. The van der Waals surface area contributed by atoms with Crippen molar-refractivity contribution in [1.29, 1.82) is 0 Å². The van der Waals surface area contributed by atoms with E-state index >= 15 is 0 Å². The van der Waals surface area contributed by atoms with Gasteiger partial charge < -0.3 is 0 Å². The molecule has 0 unspecified atom stereocenters. The summed E-state index contributed by atoms with van der Waals surface area (Å²) in [7, 11) is 0. The van der Waals surface area contributed by atoms with E-state index in [1.165, 1.54) is 55.5 Å². The van der Waals surface area contributed by atoms with Crippen molar-refractivity contribution >= 4 is 0 Å². The molecule has 0 N–H and O–H groups in total. The van der Waals surface area contributed by atoms with E-state index in [-0.39, 0.29) is 0 Å². The minimum absolute atomic E-state index is 1.05. The maximum atomic E-state index is 4.56. The summed E-state index contributed by atoms with van der Waals surface area (Å²) in [6, 6.07) is 12.8. The third-order valence-electron chi connectivity index (χ3n) is 4.37. The summed E-state index contributed by atoms with van der Waals surface area (Å²) in [4.78, 5) is 7.17. The van der Waals surface area contributed by atoms with Crippen molar-refractivity contribution in [3.63, 3.8) is 0 Å². The van der Waals surface area contributed by atoms with Gasteiger partial charge in [-0.3, -0.25) is 9.88 Å². The molecular weight excluding hydrogens is 256 g/mol. The van der Waals surface area contributed by atoms with Crippen LogP contribution in [0, 0.1) is 6.92 Å². The highest BCUT2D eigenvalue weighted by atomic mass is 15.1. The zero-order chi connectivity index (χ0) is 14.5. The van der Waals surface area contributed by atoms with E-state index in [1.54, 1.807) is 0 Å². The number of rotatable bonds is 3. The number of aromatic nitrogens is 1. The molecule has 0 amide bonds. The van der Waals surface area contributed by atoms with Crippen molar-refractivity contribution < 1.29 is 0 Å². The van der Waals surface area contributed by atoms with Gasteiger partial charge in [-0.2, -0.15) is 0 Å². The minimum Gasteiger partial charge on any atom is -0.299 e. The van der Waals surface area contributed by atoms with Crippen LogP contribution >= 0.6 is 0 Å². The second kappa shape index (κ2) is 6.86. The van der Waals surface area contributed by atoms with Gasteiger partial charge in [-0.1, -0.05) is 37.1 Å². The molecular formula is C19H24N2. The summed E-state index contributed by atoms with van der Waals surface area (Å²) in [5.74, 6) is 0. The van der Waals surface area contributed by atoms with Gasteiger partial charge in [0.25, 0.3) is 0 Å². The first-order chi connectivity index (χ1) is 10.3. The van der Waals surface area contributed by atoms with Crippen molar-refractivity contribution in [2.24, 2.45) is 0 Å². The predicted molar refractivity (Wildman–Crippen MR) is 88.2 cm³/mol. The molecule has 2 heterocycles. The Kier molecular flexibility index (Phi) is 4.66. The molecule has 1 aliphatic rings. The standard InChI is InChI=1S/C19H24N2/c1-16-9-8-10-17(15-21-13-6-2-3-7-14-21)19(16)18-11-4-5-12-20-18/h4-5,8-12H,2-3,6-7,13-15H2,1H3. The number of nitrogens with zero attached hydrogens (tertiary/aromatic N) is 2. The molecule has 0 radical (unpaired) electrons. The van der Waals surface area contributed by atoms with Crippen LogP contribution in [-0.2, 0) is 6.54 Å². The summed E-state index contributed by atoms with van der Waals surface area (Å²) in [6.07, 6.45) is 7.34. The maximum Gasteiger partial charge on any atom is 0.0707 e. The van der Waals surface area contributed by atoms with Crippen LogP contribution < -0.4 is 0 Å². The lowest BCUT2D eigenvalue weighted by molar-refractivity contribution is 0.277. The van der Waals surface area contributed by atoms with E-state index in [0.29, 0.717) is 0 Å². The maximum absolute atomic E-state index is 4.56. The lowest BCUT2D eigenvalue weighted by atomic mass is 9.98. The van der Waals surface area contributed by atoms with Gasteiger partial charge in [0, 0.05) is 18.3 Å². The third-order valence-corrected chi connectivity index (χ3v) is 4.37. The average molecular weight is 280 g/mol. The van der Waals surface area contributed by atoms with Gasteiger partial charge >= 0.3 is 0 Å². The van der Waals surface area contributed by atoms with Gasteiger partial charge in [-0.05, 0) is 56.1 Å². The van der Waals surface area contributed by atoms with Crippen LogP contribution in [0.15, 0.2) is 42.6 Å². The van der Waals surface area contributed by atoms with Gasteiger partial charge in [-0.15, -0.1) is 0 Å². The highest BCUT2D eigenvalue weighted by Gasteiger charge is 2.14. The van der Waals surface area contributed by atoms with Crippen LogP contribution in [0.1, 0.15) is 36.8 Å². The lowest BCUT2D eigenvalue weighted by Crippen LogP contribution is -2.24. The number of benzene rings is 1. The second-order valence-electron chi connectivity index (χ2n) is 6.01. The first-order valence-electron chi connectivity index (χ1n) is 8.07. The van der Waals surface area contributed by atoms with Crippen molar-refractivity contribution in [3.05, 3.63) is 53.7 Å². The highest BCUT2D eigenvalue weighted by molar-refractivity contribution is 5.67. The Morgan fingerprint density at radius 1 is 0.952 bits per heavy atom. The van der Waals surface area contributed by atoms with Crippen molar-refractivity contribution in [3.8, 4) is 11.3 Å². The quantitative estimate of drug-likeness (QED) is 0.826. The molecule has 1 fully saturated rings. The molecule has 110 valence electrons. The van der Waals surface area contributed by atoms with E-state index in [4.69, 9.17) is 0 Å². The zero-order valence-electron chi connectivity index (χ0n) is 12.9. The number of aryl methyl sites for hydroxylation is 1. The van der Waals surface area contributed by atoms with Crippen LogP contribution in [0.25, 0.3) is 11.3 Å². The fourth-order valence-corrected chi connectivity index (χ4v) is 3.27. The van der Waals surface area contributed by atoms with E-state index in [1.807, 2.05) is 12.3 Å². The van der Waals surface area contributed by atoms with E-state index in [0.717, 1.165) is 12.2 Å². The zero-order valence-corrected chi connectivity index (χ0v) is 12.9. The monoisotopic (exact) mass is 280 g/mol. The van der Waals surface area contributed by atoms with Crippen molar-refractivity contribution in [2.75, 3.05) is 13.1 Å². The van der Waals surface area contributed by atoms with Crippen molar-refractivity contribution in [1.82, 2.24) is 9.88 Å². The molecule has 1 aromatic heterocycles. The normalized spacial score (nSPS) is 16.6. The summed E-state index contributed by atoms with van der Waals surface area (Å²) in [5, 5.41) is 0. The molecule has 1 aromatic carbocycles. The van der Waals surface area contributed by atoms with Crippen LogP contribution in [0.4, 0.5) is 0 Å². The SMILES string of the molecule is Cc1cccc(CN2CCCCCC2)c1-c1ccccn1. The number of hydrogen-bond acceptors (Lipinski definition) is 2. The molecule has 0 saturated carbocycles. The topological polar surface area (TPSA) is 16.1 Å². The fourth-order valence-electron chi connectivity index (χ4n) is 3.27. The molecule has 2 nitrogen and oxygen atoms in total. The largest absolute Gasteiger partial charge is 0.299 e. The van der Waals surface area contributed by atoms with Crippen LogP contribution in [0.3, 0.4) is 0 Å². The van der Waals surface area contributed by atoms with Gasteiger partial charge in [0.15, 0.2) is 0 Å². The lowest BCUT2D eigenvalue weighted by Gasteiger charge is -2.22. The van der Waals surface area contributed by atoms with E-state index in [9.17, 15) is 0 Å². The van der Waals surface area contributed by atoms with E-state index in [2.05, 4.69) is 47.1 Å². The van der Waals surface area contributed by atoms with Crippen LogP contribution in [-0.4, -0.2) is 23.0 Å². The van der Waals surface area contributed by atoms with Gasteiger partial charge in [-0.25, -0.2) is 0 Å². The molecule has 3 rings (SSSR count). The number of hydrogen-bond donors (Lipinski definition) is 0. The highest BCUT2D eigenvalue weighted by Crippen LogP contribution is 2.27. The molecule has 2 heteroatoms. The molecule has 2 aromatic rings.